The van der Waals surface area contributed by atoms with E-state index in [1.165, 1.54) is 5.56 Å². The number of nitrogens with zero attached hydrogens (tertiary/aromatic N) is 1. The molecule has 102 valence electrons. The molecular weight excluding hydrogens is 230 g/mol. The fourth-order valence-electron chi connectivity index (χ4n) is 1.45. The van der Waals surface area contributed by atoms with E-state index in [1.807, 2.05) is 31.3 Å². The Kier molecular flexibility index (Phi) is 7.41. The molecule has 18 heavy (non-hydrogen) atoms. The van der Waals surface area contributed by atoms with Gasteiger partial charge in [-0.3, -0.25) is 0 Å². The van der Waals surface area contributed by atoms with Crippen LogP contribution in [-0.4, -0.2) is 56.6 Å². The molecule has 0 unspecified atom stereocenters. The third-order valence-electron chi connectivity index (χ3n) is 2.62. The van der Waals surface area contributed by atoms with Crippen molar-refractivity contribution in [2.75, 3.05) is 46.6 Å². The lowest BCUT2D eigenvalue weighted by Gasteiger charge is -2.16. The van der Waals surface area contributed by atoms with Crippen LogP contribution in [0.1, 0.15) is 5.56 Å². The Morgan fingerprint density at radius 1 is 1.06 bits per heavy atom. The average molecular weight is 253 g/mol. The Hall–Kier alpha value is -1.10. The van der Waals surface area contributed by atoms with Crippen molar-refractivity contribution < 1.29 is 14.6 Å². The Balaban J connectivity index is 2.07. The Labute approximate surface area is 109 Å². The van der Waals surface area contributed by atoms with Crippen molar-refractivity contribution >= 4 is 0 Å². The number of hydrogen-bond acceptors (Lipinski definition) is 4. The molecule has 1 N–H and O–H groups in total. The maximum atomic E-state index is 8.56. The third-order valence-corrected chi connectivity index (χ3v) is 2.62. The Morgan fingerprint density at radius 2 is 1.72 bits per heavy atom. The molecule has 0 aromatic heterocycles. The standard InChI is InChI=1S/C14H23NO3/c1-13-3-5-14(6-4-13)18-11-8-15(2)7-10-17-12-9-16/h3-6,16H,7-12H2,1-2H3. The highest BCUT2D eigenvalue weighted by atomic mass is 16.5. The monoisotopic (exact) mass is 253 g/mol. The Morgan fingerprint density at radius 3 is 2.39 bits per heavy atom. The summed E-state index contributed by atoms with van der Waals surface area (Å²) in [5, 5.41) is 8.56. The van der Waals surface area contributed by atoms with Crippen LogP contribution >= 0.6 is 0 Å². The van der Waals surface area contributed by atoms with E-state index in [1.54, 1.807) is 0 Å². The molecule has 0 aliphatic heterocycles. The zero-order chi connectivity index (χ0) is 13.2. The van der Waals surface area contributed by atoms with E-state index in [0.29, 0.717) is 19.8 Å². The van der Waals surface area contributed by atoms with Gasteiger partial charge in [-0.25, -0.2) is 0 Å². The summed E-state index contributed by atoms with van der Waals surface area (Å²) in [7, 11) is 2.03. The molecule has 4 heteroatoms. The molecule has 0 aliphatic carbocycles. The molecule has 0 amide bonds. The van der Waals surface area contributed by atoms with Gasteiger partial charge in [-0.05, 0) is 26.1 Å². The second-order valence-electron chi connectivity index (χ2n) is 4.30. The van der Waals surface area contributed by atoms with Gasteiger partial charge in [0.15, 0.2) is 0 Å². The summed E-state index contributed by atoms with van der Waals surface area (Å²) in [6, 6.07) is 8.06. The minimum atomic E-state index is 0.0836. The molecule has 0 atom stereocenters. The summed E-state index contributed by atoms with van der Waals surface area (Å²) in [5.74, 6) is 0.908. The fourth-order valence-corrected chi connectivity index (χ4v) is 1.45. The predicted molar refractivity (Wildman–Crippen MR) is 72.1 cm³/mol. The molecular formula is C14H23NO3. The van der Waals surface area contributed by atoms with E-state index in [2.05, 4.69) is 11.8 Å². The van der Waals surface area contributed by atoms with E-state index < -0.39 is 0 Å². The molecule has 1 rings (SSSR count). The van der Waals surface area contributed by atoms with Crippen LogP contribution in [0.25, 0.3) is 0 Å². The summed E-state index contributed by atoms with van der Waals surface area (Å²) in [5.41, 5.74) is 1.24. The summed E-state index contributed by atoms with van der Waals surface area (Å²) >= 11 is 0. The quantitative estimate of drug-likeness (QED) is 0.674. The smallest absolute Gasteiger partial charge is 0.119 e. The maximum Gasteiger partial charge on any atom is 0.119 e. The van der Waals surface area contributed by atoms with Gasteiger partial charge in [-0.2, -0.15) is 0 Å². The van der Waals surface area contributed by atoms with Crippen LogP contribution in [0, 0.1) is 6.92 Å². The van der Waals surface area contributed by atoms with Crippen LogP contribution in [-0.2, 0) is 4.74 Å². The second kappa shape index (κ2) is 8.91. The maximum absolute atomic E-state index is 8.56. The normalized spacial score (nSPS) is 10.9. The molecule has 0 radical (unpaired) electrons. The van der Waals surface area contributed by atoms with Crippen LogP contribution in [0.2, 0.25) is 0 Å². The lowest BCUT2D eigenvalue weighted by molar-refractivity contribution is 0.0760. The summed E-state index contributed by atoms with van der Waals surface area (Å²) in [6.07, 6.45) is 0. The summed E-state index contributed by atoms with van der Waals surface area (Å²) in [6.45, 7) is 5.56. The fraction of sp³-hybridized carbons (Fsp3) is 0.571. The lowest BCUT2D eigenvalue weighted by atomic mass is 10.2. The van der Waals surface area contributed by atoms with Crippen LogP contribution in [0.3, 0.4) is 0 Å². The lowest BCUT2D eigenvalue weighted by Crippen LogP contribution is -2.28. The van der Waals surface area contributed by atoms with Crippen molar-refractivity contribution in [2.45, 2.75) is 6.92 Å². The van der Waals surface area contributed by atoms with Crippen molar-refractivity contribution in [3.8, 4) is 5.75 Å². The van der Waals surface area contributed by atoms with Gasteiger partial charge in [-0.1, -0.05) is 17.7 Å². The number of rotatable bonds is 9. The first-order valence-corrected chi connectivity index (χ1v) is 6.29. The largest absolute Gasteiger partial charge is 0.492 e. The summed E-state index contributed by atoms with van der Waals surface area (Å²) < 4.78 is 10.8. The van der Waals surface area contributed by atoms with E-state index >= 15 is 0 Å². The second-order valence-corrected chi connectivity index (χ2v) is 4.30. The number of aryl methyl sites for hydroxylation is 1. The number of likely N-dealkylation sites (N-methyl/N-ethyl adjacent to an activating group) is 1. The number of aliphatic hydroxyl groups excluding tert-OH is 1. The number of benzene rings is 1. The Bertz CT molecular complexity index is 313. The van der Waals surface area contributed by atoms with Gasteiger partial charge in [0.2, 0.25) is 0 Å². The van der Waals surface area contributed by atoms with E-state index in [0.717, 1.165) is 18.8 Å². The first kappa shape index (κ1) is 15.0. The van der Waals surface area contributed by atoms with Gasteiger partial charge < -0.3 is 19.5 Å². The number of ether oxygens (including phenoxy) is 2. The molecule has 4 nitrogen and oxygen atoms in total. The summed E-state index contributed by atoms with van der Waals surface area (Å²) in [4.78, 5) is 2.14. The first-order chi connectivity index (χ1) is 8.72. The molecule has 0 spiro atoms. The third kappa shape index (κ3) is 6.59. The molecule has 1 aromatic carbocycles. The van der Waals surface area contributed by atoms with Crippen molar-refractivity contribution in [1.29, 1.82) is 0 Å². The van der Waals surface area contributed by atoms with Crippen molar-refractivity contribution in [1.82, 2.24) is 4.90 Å². The molecule has 0 bridgehead atoms. The average Bonchev–Trinajstić information content (AvgIpc) is 2.37. The highest BCUT2D eigenvalue weighted by molar-refractivity contribution is 5.26. The van der Waals surface area contributed by atoms with Crippen LogP contribution < -0.4 is 4.74 Å². The van der Waals surface area contributed by atoms with Crippen LogP contribution in [0.15, 0.2) is 24.3 Å². The molecule has 0 fully saturated rings. The molecule has 0 saturated carbocycles. The SMILES string of the molecule is Cc1ccc(OCCN(C)CCOCCO)cc1. The first-order valence-electron chi connectivity index (χ1n) is 6.29. The number of aliphatic hydroxyl groups is 1. The van der Waals surface area contributed by atoms with Crippen molar-refractivity contribution in [3.63, 3.8) is 0 Å². The van der Waals surface area contributed by atoms with E-state index in [-0.39, 0.29) is 6.61 Å². The molecule has 0 heterocycles. The predicted octanol–water partition coefficient (Wildman–Crippen LogP) is 1.31. The van der Waals surface area contributed by atoms with E-state index in [9.17, 15) is 0 Å². The van der Waals surface area contributed by atoms with Gasteiger partial charge in [-0.15, -0.1) is 0 Å². The van der Waals surface area contributed by atoms with Crippen molar-refractivity contribution in [3.05, 3.63) is 29.8 Å². The number of hydrogen-bond donors (Lipinski definition) is 1. The molecule has 1 aromatic rings. The highest BCUT2D eigenvalue weighted by Crippen LogP contribution is 2.10. The van der Waals surface area contributed by atoms with Crippen molar-refractivity contribution in [2.24, 2.45) is 0 Å². The highest BCUT2D eigenvalue weighted by Gasteiger charge is 1.99. The van der Waals surface area contributed by atoms with Gasteiger partial charge in [0.25, 0.3) is 0 Å². The van der Waals surface area contributed by atoms with E-state index in [4.69, 9.17) is 14.6 Å². The minimum absolute atomic E-state index is 0.0836. The van der Waals surface area contributed by atoms with Crippen LogP contribution in [0.4, 0.5) is 0 Å². The topological polar surface area (TPSA) is 41.9 Å². The molecule has 0 aliphatic rings. The van der Waals surface area contributed by atoms with Crippen LogP contribution in [0.5, 0.6) is 5.75 Å². The minimum Gasteiger partial charge on any atom is -0.492 e. The van der Waals surface area contributed by atoms with Gasteiger partial charge >= 0.3 is 0 Å². The molecule has 0 saturated heterocycles. The van der Waals surface area contributed by atoms with Gasteiger partial charge in [0, 0.05) is 13.1 Å². The zero-order valence-electron chi connectivity index (χ0n) is 11.3. The zero-order valence-corrected chi connectivity index (χ0v) is 11.3. The van der Waals surface area contributed by atoms with Gasteiger partial charge in [0.1, 0.15) is 12.4 Å². The van der Waals surface area contributed by atoms with Gasteiger partial charge in [0.05, 0.1) is 19.8 Å².